The van der Waals surface area contributed by atoms with Crippen molar-refractivity contribution >= 4 is 51.1 Å². The van der Waals surface area contributed by atoms with Gasteiger partial charge in [-0.15, -0.1) is 11.8 Å². The first-order chi connectivity index (χ1) is 11.5. The number of nitrogens with zero attached hydrogens (tertiary/aromatic N) is 1. The Hall–Kier alpha value is -2.12. The number of fused-ring (bicyclic) bond motifs is 1. The molecule has 24 heavy (non-hydrogen) atoms. The van der Waals surface area contributed by atoms with Crippen molar-refractivity contribution in [2.24, 2.45) is 0 Å². The van der Waals surface area contributed by atoms with Gasteiger partial charge in [-0.3, -0.25) is 19.3 Å². The van der Waals surface area contributed by atoms with Crippen molar-refractivity contribution in [1.29, 1.82) is 0 Å². The van der Waals surface area contributed by atoms with E-state index in [1.54, 1.807) is 18.2 Å². The second-order valence-corrected chi connectivity index (χ2v) is 7.07. The van der Waals surface area contributed by atoms with Crippen molar-refractivity contribution in [1.82, 2.24) is 4.90 Å². The topological polar surface area (TPSA) is 66.5 Å². The Labute approximate surface area is 151 Å². The van der Waals surface area contributed by atoms with Crippen molar-refractivity contribution in [3.63, 3.8) is 0 Å². The molecule has 3 rings (SSSR count). The number of carbonyl (C=O) groups is 3. The minimum atomic E-state index is -0.353. The normalized spacial score (nSPS) is 13.2. The molecule has 2 aromatic carbocycles. The van der Waals surface area contributed by atoms with Crippen LogP contribution in [0.1, 0.15) is 20.7 Å². The Morgan fingerprint density at radius 2 is 1.83 bits per heavy atom. The van der Waals surface area contributed by atoms with Crippen LogP contribution in [0.5, 0.6) is 0 Å². The molecule has 0 saturated heterocycles. The highest BCUT2D eigenvalue weighted by molar-refractivity contribution is 9.10. The minimum absolute atomic E-state index is 0.180. The van der Waals surface area contributed by atoms with E-state index in [0.717, 1.165) is 14.3 Å². The SMILES string of the molecule is CN1C(=O)c2ccc(NC(=O)CSc3ccccc3Br)cc2C1=O. The number of rotatable bonds is 4. The van der Waals surface area contributed by atoms with Crippen LogP contribution in [-0.4, -0.2) is 35.4 Å². The molecule has 0 bridgehead atoms. The van der Waals surface area contributed by atoms with Crippen LogP contribution < -0.4 is 5.32 Å². The predicted octanol–water partition coefficient (Wildman–Crippen LogP) is 3.41. The number of nitrogens with one attached hydrogen (secondary N) is 1. The smallest absolute Gasteiger partial charge is 0.261 e. The summed E-state index contributed by atoms with van der Waals surface area (Å²) in [7, 11) is 1.44. The van der Waals surface area contributed by atoms with Gasteiger partial charge in [-0.25, -0.2) is 0 Å². The van der Waals surface area contributed by atoms with E-state index < -0.39 is 0 Å². The van der Waals surface area contributed by atoms with Crippen LogP contribution >= 0.6 is 27.7 Å². The number of hydrogen-bond acceptors (Lipinski definition) is 4. The standard InChI is InChI=1S/C17H13BrN2O3S/c1-20-16(22)11-7-6-10(8-12(11)17(20)23)19-15(21)9-24-14-5-3-2-4-13(14)18/h2-8H,9H2,1H3,(H,19,21). The summed E-state index contributed by atoms with van der Waals surface area (Å²) in [5.41, 5.74) is 1.18. The summed E-state index contributed by atoms with van der Waals surface area (Å²) in [5, 5.41) is 2.75. The molecular weight excluding hydrogens is 392 g/mol. The zero-order valence-corrected chi connectivity index (χ0v) is 15.1. The lowest BCUT2D eigenvalue weighted by Gasteiger charge is -2.07. The molecule has 0 aromatic heterocycles. The summed E-state index contributed by atoms with van der Waals surface area (Å²) >= 11 is 4.85. The highest BCUT2D eigenvalue weighted by Crippen LogP contribution is 2.28. The number of hydrogen-bond donors (Lipinski definition) is 1. The van der Waals surface area contributed by atoms with Crippen molar-refractivity contribution < 1.29 is 14.4 Å². The van der Waals surface area contributed by atoms with Gasteiger partial charge in [0.25, 0.3) is 11.8 Å². The summed E-state index contributed by atoms with van der Waals surface area (Å²) in [5.74, 6) is -0.612. The van der Waals surface area contributed by atoms with Crippen LogP contribution in [0.25, 0.3) is 0 Å². The molecule has 1 heterocycles. The van der Waals surface area contributed by atoms with Gasteiger partial charge in [-0.1, -0.05) is 12.1 Å². The van der Waals surface area contributed by atoms with Gasteiger partial charge in [0, 0.05) is 22.1 Å². The summed E-state index contributed by atoms with van der Waals surface area (Å²) < 4.78 is 0.937. The van der Waals surface area contributed by atoms with E-state index in [-0.39, 0.29) is 23.5 Å². The third-order valence-corrected chi connectivity index (χ3v) is 5.60. The lowest BCUT2D eigenvalue weighted by Crippen LogP contribution is -2.24. The molecule has 0 atom stereocenters. The molecule has 3 amide bonds. The molecule has 1 aliphatic heterocycles. The van der Waals surface area contributed by atoms with E-state index in [2.05, 4.69) is 21.2 Å². The van der Waals surface area contributed by atoms with Crippen molar-refractivity contribution in [3.8, 4) is 0 Å². The highest BCUT2D eigenvalue weighted by Gasteiger charge is 2.32. The fourth-order valence-electron chi connectivity index (χ4n) is 2.34. The summed E-state index contributed by atoms with van der Waals surface area (Å²) in [4.78, 5) is 38.0. The van der Waals surface area contributed by atoms with Crippen LogP contribution in [0.3, 0.4) is 0 Å². The number of amides is 3. The van der Waals surface area contributed by atoms with Gasteiger partial charge in [0.2, 0.25) is 5.91 Å². The average molecular weight is 405 g/mol. The second kappa shape index (κ2) is 6.78. The maximum absolute atomic E-state index is 12.1. The Morgan fingerprint density at radius 3 is 2.58 bits per heavy atom. The third kappa shape index (κ3) is 3.22. The van der Waals surface area contributed by atoms with Gasteiger partial charge in [-0.2, -0.15) is 0 Å². The predicted molar refractivity (Wildman–Crippen MR) is 96.4 cm³/mol. The molecular formula is C17H13BrN2O3S. The first-order valence-corrected chi connectivity index (χ1v) is 8.89. The Kier molecular flexibility index (Phi) is 4.73. The quantitative estimate of drug-likeness (QED) is 0.626. The molecule has 0 saturated carbocycles. The first kappa shape index (κ1) is 16.7. The van der Waals surface area contributed by atoms with E-state index in [1.807, 2.05) is 24.3 Å². The molecule has 2 aromatic rings. The molecule has 5 nitrogen and oxygen atoms in total. The number of carbonyl (C=O) groups excluding carboxylic acids is 3. The molecule has 122 valence electrons. The van der Waals surface area contributed by atoms with Crippen LogP contribution in [0, 0.1) is 0 Å². The van der Waals surface area contributed by atoms with Crippen molar-refractivity contribution in [3.05, 3.63) is 58.1 Å². The van der Waals surface area contributed by atoms with Gasteiger partial charge in [-0.05, 0) is 46.3 Å². The maximum atomic E-state index is 12.1. The third-order valence-electron chi connectivity index (χ3n) is 3.57. The fraction of sp³-hybridized carbons (Fsp3) is 0.118. The Bertz CT molecular complexity index is 853. The molecule has 0 aliphatic carbocycles. The fourth-order valence-corrected chi connectivity index (χ4v) is 3.71. The lowest BCUT2D eigenvalue weighted by molar-refractivity contribution is -0.113. The number of thioether (sulfide) groups is 1. The van der Waals surface area contributed by atoms with Crippen molar-refractivity contribution in [2.45, 2.75) is 4.90 Å². The largest absolute Gasteiger partial charge is 0.325 e. The van der Waals surface area contributed by atoms with Gasteiger partial charge in [0.1, 0.15) is 0 Å². The summed E-state index contributed by atoms with van der Waals surface area (Å²) in [6, 6.07) is 12.4. The highest BCUT2D eigenvalue weighted by atomic mass is 79.9. The van der Waals surface area contributed by atoms with Gasteiger partial charge in [0.05, 0.1) is 16.9 Å². The van der Waals surface area contributed by atoms with Gasteiger partial charge in [0.15, 0.2) is 0 Å². The van der Waals surface area contributed by atoms with Crippen molar-refractivity contribution in [2.75, 3.05) is 18.1 Å². The minimum Gasteiger partial charge on any atom is -0.325 e. The van der Waals surface area contributed by atoms with Crippen LogP contribution in [0.2, 0.25) is 0 Å². The number of benzene rings is 2. The summed E-state index contributed by atoms with van der Waals surface area (Å²) in [6.45, 7) is 0. The van der Waals surface area contributed by atoms with Gasteiger partial charge < -0.3 is 5.32 Å². The monoisotopic (exact) mass is 404 g/mol. The van der Waals surface area contributed by atoms with Crippen LogP contribution in [0.4, 0.5) is 5.69 Å². The van der Waals surface area contributed by atoms with E-state index >= 15 is 0 Å². The molecule has 1 aliphatic rings. The molecule has 0 fully saturated rings. The molecule has 1 N–H and O–H groups in total. The van der Waals surface area contributed by atoms with Gasteiger partial charge >= 0.3 is 0 Å². The first-order valence-electron chi connectivity index (χ1n) is 7.11. The second-order valence-electron chi connectivity index (χ2n) is 5.20. The van der Waals surface area contributed by atoms with Crippen LogP contribution in [0.15, 0.2) is 51.8 Å². The van der Waals surface area contributed by atoms with E-state index in [9.17, 15) is 14.4 Å². The Balaban J connectivity index is 1.67. The zero-order chi connectivity index (χ0) is 17.3. The lowest BCUT2D eigenvalue weighted by atomic mass is 10.1. The summed E-state index contributed by atoms with van der Waals surface area (Å²) in [6.07, 6.45) is 0. The molecule has 0 radical (unpaired) electrons. The number of halogens is 1. The number of anilines is 1. The molecule has 0 spiro atoms. The van der Waals surface area contributed by atoms with E-state index in [4.69, 9.17) is 0 Å². The number of imide groups is 1. The van der Waals surface area contributed by atoms with E-state index in [0.29, 0.717) is 16.8 Å². The Morgan fingerprint density at radius 1 is 1.12 bits per heavy atom. The van der Waals surface area contributed by atoms with E-state index in [1.165, 1.54) is 18.8 Å². The maximum Gasteiger partial charge on any atom is 0.261 e. The average Bonchev–Trinajstić information content (AvgIpc) is 2.78. The molecule has 0 unspecified atom stereocenters. The molecule has 7 heteroatoms. The zero-order valence-electron chi connectivity index (χ0n) is 12.7. The van der Waals surface area contributed by atoms with Crippen LogP contribution in [-0.2, 0) is 4.79 Å².